The molecule has 2 rings (SSSR count). The maximum absolute atomic E-state index is 7.56. The van der Waals surface area contributed by atoms with Crippen LogP contribution in [-0.2, 0) is 0 Å². The van der Waals surface area contributed by atoms with E-state index in [1.54, 1.807) is 0 Å². The summed E-state index contributed by atoms with van der Waals surface area (Å²) in [5.41, 5.74) is 8.33. The van der Waals surface area contributed by atoms with Gasteiger partial charge >= 0.3 is 0 Å². The molecular formula is C14H17ClN4. The third kappa shape index (κ3) is 2.79. The lowest BCUT2D eigenvalue weighted by molar-refractivity contribution is 0.521. The minimum absolute atomic E-state index is 0.0927. The lowest BCUT2D eigenvalue weighted by Gasteiger charge is -2.19. The van der Waals surface area contributed by atoms with Crippen molar-refractivity contribution in [3.05, 3.63) is 52.3 Å². The average molecular weight is 277 g/mol. The number of aromatic nitrogens is 2. The first-order chi connectivity index (χ1) is 9.00. The van der Waals surface area contributed by atoms with Crippen LogP contribution >= 0.6 is 11.6 Å². The van der Waals surface area contributed by atoms with Gasteiger partial charge in [0.25, 0.3) is 0 Å². The summed E-state index contributed by atoms with van der Waals surface area (Å²) < 4.78 is 1.86. The molecule has 2 aromatic rings. The summed E-state index contributed by atoms with van der Waals surface area (Å²) in [5, 5.41) is 12.7. The van der Waals surface area contributed by atoms with Crippen LogP contribution in [0.3, 0.4) is 0 Å². The third-order valence-corrected chi connectivity index (χ3v) is 3.68. The molecule has 19 heavy (non-hydrogen) atoms. The molecule has 0 fully saturated rings. The fraction of sp³-hybridized carbons (Fsp3) is 0.286. The van der Waals surface area contributed by atoms with Gasteiger partial charge in [-0.2, -0.15) is 5.10 Å². The molecule has 1 unspecified atom stereocenters. The van der Waals surface area contributed by atoms with Crippen molar-refractivity contribution < 1.29 is 0 Å². The molecule has 0 saturated heterocycles. The summed E-state index contributed by atoms with van der Waals surface area (Å²) >= 11 is 6.20. The Labute approximate surface area is 117 Å². The second kappa shape index (κ2) is 5.45. The molecule has 3 N–H and O–H groups in total. The van der Waals surface area contributed by atoms with Gasteiger partial charge in [0.1, 0.15) is 0 Å². The molecule has 0 spiro atoms. The van der Waals surface area contributed by atoms with Crippen LogP contribution in [0.5, 0.6) is 0 Å². The number of hydrogen-bond donors (Lipinski definition) is 2. The zero-order valence-corrected chi connectivity index (χ0v) is 11.8. The van der Waals surface area contributed by atoms with Gasteiger partial charge in [-0.3, -0.25) is 10.1 Å². The molecule has 1 heterocycles. The first-order valence-electron chi connectivity index (χ1n) is 6.09. The SMILES string of the molecule is Cc1nn(C(CC(=N)N)c2ccccc2)c(C)c1Cl. The lowest BCUT2D eigenvalue weighted by Crippen LogP contribution is -2.21. The van der Waals surface area contributed by atoms with Gasteiger partial charge < -0.3 is 5.73 Å². The van der Waals surface area contributed by atoms with E-state index in [1.165, 1.54) is 0 Å². The normalized spacial score (nSPS) is 12.4. The molecule has 0 aliphatic heterocycles. The van der Waals surface area contributed by atoms with Gasteiger partial charge in [0.05, 0.1) is 28.3 Å². The van der Waals surface area contributed by atoms with Crippen molar-refractivity contribution >= 4 is 17.4 Å². The zero-order chi connectivity index (χ0) is 14.0. The average Bonchev–Trinajstić information content (AvgIpc) is 2.64. The predicted molar refractivity (Wildman–Crippen MR) is 77.8 cm³/mol. The Morgan fingerprint density at radius 1 is 1.37 bits per heavy atom. The van der Waals surface area contributed by atoms with Crippen molar-refractivity contribution in [3.63, 3.8) is 0 Å². The highest BCUT2D eigenvalue weighted by Crippen LogP contribution is 2.27. The van der Waals surface area contributed by atoms with Crippen LogP contribution in [0.1, 0.15) is 29.4 Å². The molecule has 0 aliphatic carbocycles. The predicted octanol–water partition coefficient (Wildman–Crippen LogP) is 3.07. The fourth-order valence-corrected chi connectivity index (χ4v) is 2.30. The maximum Gasteiger partial charge on any atom is 0.0930 e. The van der Waals surface area contributed by atoms with Crippen LogP contribution in [0, 0.1) is 19.3 Å². The Morgan fingerprint density at radius 3 is 2.47 bits per heavy atom. The smallest absolute Gasteiger partial charge is 0.0930 e. The Hall–Kier alpha value is -1.81. The highest BCUT2D eigenvalue weighted by atomic mass is 35.5. The Balaban J connectivity index is 2.49. The molecule has 0 aliphatic rings. The molecular weight excluding hydrogens is 260 g/mol. The van der Waals surface area contributed by atoms with E-state index in [0.29, 0.717) is 11.4 Å². The van der Waals surface area contributed by atoms with Gasteiger partial charge in [-0.1, -0.05) is 41.9 Å². The van der Waals surface area contributed by atoms with Gasteiger partial charge in [0, 0.05) is 6.42 Å². The number of nitrogens with one attached hydrogen (secondary N) is 1. The van der Waals surface area contributed by atoms with Gasteiger partial charge in [-0.15, -0.1) is 0 Å². The second-order valence-electron chi connectivity index (χ2n) is 4.59. The highest BCUT2D eigenvalue weighted by molar-refractivity contribution is 6.31. The topological polar surface area (TPSA) is 67.7 Å². The molecule has 1 aromatic carbocycles. The minimum Gasteiger partial charge on any atom is -0.388 e. The summed E-state index contributed by atoms with van der Waals surface area (Å²) in [7, 11) is 0. The van der Waals surface area contributed by atoms with Crippen LogP contribution in [-0.4, -0.2) is 15.6 Å². The van der Waals surface area contributed by atoms with Crippen LogP contribution in [0.25, 0.3) is 0 Å². The molecule has 0 radical (unpaired) electrons. The van der Waals surface area contributed by atoms with Crippen molar-refractivity contribution in [3.8, 4) is 0 Å². The van der Waals surface area contributed by atoms with Crippen molar-refractivity contribution in [2.75, 3.05) is 0 Å². The van der Waals surface area contributed by atoms with Crippen LogP contribution in [0.2, 0.25) is 5.02 Å². The number of benzene rings is 1. The van der Waals surface area contributed by atoms with Gasteiger partial charge in [-0.05, 0) is 19.4 Å². The zero-order valence-electron chi connectivity index (χ0n) is 11.0. The molecule has 0 saturated carbocycles. The number of nitrogens with zero attached hydrogens (tertiary/aromatic N) is 2. The summed E-state index contributed by atoms with van der Waals surface area (Å²) in [5.74, 6) is 0.137. The third-order valence-electron chi connectivity index (χ3n) is 3.13. The Kier molecular flexibility index (Phi) is 3.90. The summed E-state index contributed by atoms with van der Waals surface area (Å²) in [6.45, 7) is 3.81. The number of nitrogens with two attached hydrogens (primary N) is 1. The molecule has 4 nitrogen and oxygen atoms in total. The molecule has 1 aromatic heterocycles. The van der Waals surface area contributed by atoms with Crippen LogP contribution in [0.15, 0.2) is 30.3 Å². The monoisotopic (exact) mass is 276 g/mol. The number of rotatable bonds is 4. The summed E-state index contributed by atoms with van der Waals surface area (Å²) in [6.07, 6.45) is 0.419. The van der Waals surface area contributed by atoms with E-state index >= 15 is 0 Å². The van der Waals surface area contributed by atoms with Crippen molar-refractivity contribution in [2.45, 2.75) is 26.3 Å². The molecule has 0 bridgehead atoms. The van der Waals surface area contributed by atoms with Crippen molar-refractivity contribution in [1.82, 2.24) is 9.78 Å². The fourth-order valence-electron chi connectivity index (χ4n) is 2.18. The van der Waals surface area contributed by atoms with Gasteiger partial charge in [-0.25, -0.2) is 0 Å². The van der Waals surface area contributed by atoms with E-state index in [4.69, 9.17) is 22.7 Å². The first kappa shape index (κ1) is 13.6. The second-order valence-corrected chi connectivity index (χ2v) is 4.96. The number of halogens is 1. The summed E-state index contributed by atoms with van der Waals surface area (Å²) in [4.78, 5) is 0. The van der Waals surface area contributed by atoms with E-state index in [2.05, 4.69) is 5.10 Å². The number of hydrogen-bond acceptors (Lipinski definition) is 2. The lowest BCUT2D eigenvalue weighted by atomic mass is 10.0. The standard InChI is InChI=1S/C14H17ClN4/c1-9-14(15)10(2)19(18-9)12(8-13(16)17)11-6-4-3-5-7-11/h3-7,12H,8H2,1-2H3,(H3,16,17). The highest BCUT2D eigenvalue weighted by Gasteiger charge is 2.20. The number of aryl methyl sites for hydroxylation is 1. The molecule has 1 atom stereocenters. The summed E-state index contributed by atoms with van der Waals surface area (Å²) in [6, 6.07) is 9.83. The Morgan fingerprint density at radius 2 is 2.00 bits per heavy atom. The van der Waals surface area contributed by atoms with E-state index < -0.39 is 0 Å². The molecule has 0 amide bonds. The van der Waals surface area contributed by atoms with E-state index in [1.807, 2.05) is 48.9 Å². The van der Waals surface area contributed by atoms with Gasteiger partial charge in [0.2, 0.25) is 0 Å². The van der Waals surface area contributed by atoms with Crippen LogP contribution < -0.4 is 5.73 Å². The minimum atomic E-state index is -0.0927. The quantitative estimate of drug-likeness (QED) is 0.666. The molecule has 100 valence electrons. The number of amidine groups is 1. The largest absolute Gasteiger partial charge is 0.388 e. The van der Waals surface area contributed by atoms with Crippen molar-refractivity contribution in [2.24, 2.45) is 5.73 Å². The van der Waals surface area contributed by atoms with Crippen molar-refractivity contribution in [1.29, 1.82) is 5.41 Å². The van der Waals surface area contributed by atoms with E-state index in [9.17, 15) is 0 Å². The van der Waals surface area contributed by atoms with E-state index in [0.717, 1.165) is 17.0 Å². The maximum atomic E-state index is 7.56. The van der Waals surface area contributed by atoms with E-state index in [-0.39, 0.29) is 11.9 Å². The Bertz CT molecular complexity index is 589. The van der Waals surface area contributed by atoms with Crippen LogP contribution in [0.4, 0.5) is 0 Å². The van der Waals surface area contributed by atoms with Gasteiger partial charge in [0.15, 0.2) is 0 Å². The molecule has 5 heteroatoms. The first-order valence-corrected chi connectivity index (χ1v) is 6.47.